The van der Waals surface area contributed by atoms with Gasteiger partial charge in [0.25, 0.3) is 0 Å². The van der Waals surface area contributed by atoms with Gasteiger partial charge in [0.1, 0.15) is 0 Å². The van der Waals surface area contributed by atoms with Crippen LogP contribution in [0.1, 0.15) is 40.0 Å². The van der Waals surface area contributed by atoms with Crippen LogP contribution in [0, 0.1) is 0 Å². The lowest BCUT2D eigenvalue weighted by molar-refractivity contribution is -0.103. The van der Waals surface area contributed by atoms with Crippen molar-refractivity contribution < 1.29 is 28.9 Å². The van der Waals surface area contributed by atoms with E-state index in [4.69, 9.17) is 13.6 Å². The molecule has 3 atom stereocenters. The molecule has 0 aliphatic carbocycles. The van der Waals surface area contributed by atoms with Crippen LogP contribution >= 0.6 is 8.60 Å². The zero-order valence-corrected chi connectivity index (χ0v) is 10.8. The van der Waals surface area contributed by atoms with Gasteiger partial charge in [-0.15, -0.1) is 0 Å². The topological polar surface area (TPSA) is 88.4 Å². The zero-order chi connectivity index (χ0) is 12.6. The molecule has 98 valence electrons. The van der Waals surface area contributed by atoms with E-state index in [1.807, 2.05) is 0 Å². The number of rotatable bonds is 9. The maximum atomic E-state index is 9.27. The molecular weight excluding hydrogens is 235 g/mol. The van der Waals surface area contributed by atoms with Crippen LogP contribution in [-0.4, -0.2) is 34.2 Å². The van der Waals surface area contributed by atoms with Gasteiger partial charge in [-0.2, -0.15) is 0 Å². The Bertz CT molecular complexity index is 142. The summed E-state index contributed by atoms with van der Waals surface area (Å²) in [7, 11) is -1.95. The van der Waals surface area contributed by atoms with Crippen LogP contribution in [0.4, 0.5) is 0 Å². The molecule has 0 aliphatic rings. The highest BCUT2D eigenvalue weighted by molar-refractivity contribution is 7.41. The third kappa shape index (κ3) is 7.46. The van der Waals surface area contributed by atoms with Crippen molar-refractivity contribution in [1.29, 1.82) is 0 Å². The SMILES string of the molecule is CCC(O)OP(OC(O)CC)OC(O)CC. The van der Waals surface area contributed by atoms with Crippen LogP contribution in [0.15, 0.2) is 0 Å². The van der Waals surface area contributed by atoms with E-state index in [9.17, 15) is 15.3 Å². The van der Waals surface area contributed by atoms with E-state index in [2.05, 4.69) is 0 Å². The Kier molecular flexibility index (Phi) is 9.35. The Hall–Kier alpha value is 0.190. The number of hydrogen-bond acceptors (Lipinski definition) is 6. The molecule has 0 aromatic rings. The van der Waals surface area contributed by atoms with Gasteiger partial charge in [0.2, 0.25) is 0 Å². The van der Waals surface area contributed by atoms with Crippen LogP contribution < -0.4 is 0 Å². The molecule has 0 saturated heterocycles. The Morgan fingerprint density at radius 1 is 0.750 bits per heavy atom. The fourth-order valence-electron chi connectivity index (χ4n) is 0.596. The largest absolute Gasteiger partial charge is 0.368 e. The first-order chi connectivity index (χ1) is 7.53. The van der Waals surface area contributed by atoms with Crippen LogP contribution in [0.3, 0.4) is 0 Å². The number of aliphatic hydroxyl groups excluding tert-OH is 3. The molecule has 6 nitrogen and oxygen atoms in total. The van der Waals surface area contributed by atoms with E-state index in [1.165, 1.54) is 0 Å². The van der Waals surface area contributed by atoms with Gasteiger partial charge in [-0.1, -0.05) is 20.8 Å². The predicted molar refractivity (Wildman–Crippen MR) is 59.1 cm³/mol. The van der Waals surface area contributed by atoms with Crippen molar-refractivity contribution in [3.8, 4) is 0 Å². The molecule has 0 spiro atoms. The highest BCUT2D eigenvalue weighted by Gasteiger charge is 2.23. The lowest BCUT2D eigenvalue weighted by Crippen LogP contribution is -2.17. The van der Waals surface area contributed by atoms with Crippen molar-refractivity contribution in [2.24, 2.45) is 0 Å². The maximum Gasteiger partial charge on any atom is 0.339 e. The summed E-state index contributed by atoms with van der Waals surface area (Å²) in [5.41, 5.74) is 0. The summed E-state index contributed by atoms with van der Waals surface area (Å²) < 4.78 is 15.0. The zero-order valence-electron chi connectivity index (χ0n) is 9.87. The first-order valence-electron chi connectivity index (χ1n) is 5.38. The second-order valence-electron chi connectivity index (χ2n) is 3.13. The summed E-state index contributed by atoms with van der Waals surface area (Å²) in [5, 5.41) is 27.8. The van der Waals surface area contributed by atoms with Gasteiger partial charge in [0.15, 0.2) is 18.9 Å². The lowest BCUT2D eigenvalue weighted by Gasteiger charge is -2.23. The van der Waals surface area contributed by atoms with Gasteiger partial charge in [-0.25, -0.2) is 0 Å². The quantitative estimate of drug-likeness (QED) is 0.427. The summed E-state index contributed by atoms with van der Waals surface area (Å²) in [6, 6.07) is 0. The maximum absolute atomic E-state index is 9.27. The summed E-state index contributed by atoms with van der Waals surface area (Å²) in [4.78, 5) is 0. The molecule has 0 amide bonds. The van der Waals surface area contributed by atoms with Crippen molar-refractivity contribution in [3.05, 3.63) is 0 Å². The normalized spacial score (nSPS) is 19.1. The lowest BCUT2D eigenvalue weighted by atomic mass is 10.5. The molecule has 0 fully saturated rings. The molecule has 0 aromatic carbocycles. The van der Waals surface area contributed by atoms with Crippen molar-refractivity contribution in [1.82, 2.24) is 0 Å². The molecule has 3 N–H and O–H groups in total. The van der Waals surface area contributed by atoms with Gasteiger partial charge in [-0.05, 0) is 19.3 Å². The Morgan fingerprint density at radius 3 is 1.19 bits per heavy atom. The number of hydrogen-bond donors (Lipinski definition) is 3. The minimum absolute atomic E-state index is 0.371. The average molecular weight is 256 g/mol. The van der Waals surface area contributed by atoms with Crippen LogP contribution in [0.5, 0.6) is 0 Å². The Labute approximate surface area is 97.1 Å². The van der Waals surface area contributed by atoms with Gasteiger partial charge in [0.05, 0.1) is 0 Å². The second-order valence-corrected chi connectivity index (χ2v) is 4.21. The molecule has 0 rings (SSSR count). The van der Waals surface area contributed by atoms with Gasteiger partial charge in [-0.3, -0.25) is 13.6 Å². The monoisotopic (exact) mass is 256 g/mol. The molecule has 0 bridgehead atoms. The third-order valence-corrected chi connectivity index (χ3v) is 2.92. The third-order valence-electron chi connectivity index (χ3n) is 1.67. The van der Waals surface area contributed by atoms with Crippen molar-refractivity contribution in [2.75, 3.05) is 0 Å². The van der Waals surface area contributed by atoms with Crippen molar-refractivity contribution >= 4 is 8.60 Å². The van der Waals surface area contributed by atoms with Gasteiger partial charge in [0, 0.05) is 0 Å². The Balaban J connectivity index is 4.15. The fourth-order valence-corrected chi connectivity index (χ4v) is 1.79. The van der Waals surface area contributed by atoms with E-state index in [1.54, 1.807) is 20.8 Å². The van der Waals surface area contributed by atoms with E-state index < -0.39 is 27.5 Å². The molecule has 16 heavy (non-hydrogen) atoms. The first-order valence-corrected chi connectivity index (χ1v) is 6.47. The molecule has 0 heterocycles. The minimum Gasteiger partial charge on any atom is -0.368 e. The predicted octanol–water partition coefficient (Wildman–Crippen LogP) is 1.45. The van der Waals surface area contributed by atoms with E-state index in [0.717, 1.165) is 0 Å². The summed E-state index contributed by atoms with van der Waals surface area (Å²) in [6.45, 7) is 5.18. The fraction of sp³-hybridized carbons (Fsp3) is 1.00. The summed E-state index contributed by atoms with van der Waals surface area (Å²) >= 11 is 0. The highest BCUT2D eigenvalue weighted by atomic mass is 31.2. The molecule has 0 aromatic heterocycles. The number of aliphatic hydroxyl groups is 3. The molecular formula is C9H21O6P. The second kappa shape index (κ2) is 9.24. The smallest absolute Gasteiger partial charge is 0.339 e. The summed E-state index contributed by atoms with van der Waals surface area (Å²) in [5.74, 6) is 0. The van der Waals surface area contributed by atoms with Gasteiger partial charge >= 0.3 is 8.60 Å². The Morgan fingerprint density at radius 2 is 1.00 bits per heavy atom. The average Bonchev–Trinajstić information content (AvgIpc) is 2.28. The standard InChI is InChI=1S/C9H21O6P/c1-4-7(10)13-16(14-8(11)5-2)15-9(12)6-3/h7-12H,4-6H2,1-3H3. The van der Waals surface area contributed by atoms with Gasteiger partial charge < -0.3 is 15.3 Å². The van der Waals surface area contributed by atoms with Crippen LogP contribution in [0.25, 0.3) is 0 Å². The molecule has 0 saturated carbocycles. The van der Waals surface area contributed by atoms with E-state index in [-0.39, 0.29) is 0 Å². The molecule has 3 unspecified atom stereocenters. The van der Waals surface area contributed by atoms with Crippen LogP contribution in [0.2, 0.25) is 0 Å². The minimum atomic E-state index is -1.95. The molecule has 0 radical (unpaired) electrons. The first kappa shape index (κ1) is 16.2. The van der Waals surface area contributed by atoms with E-state index >= 15 is 0 Å². The highest BCUT2D eigenvalue weighted by Crippen LogP contribution is 2.43. The molecule has 0 aliphatic heterocycles. The van der Waals surface area contributed by atoms with Crippen molar-refractivity contribution in [3.63, 3.8) is 0 Å². The van der Waals surface area contributed by atoms with Crippen LogP contribution in [-0.2, 0) is 13.6 Å². The van der Waals surface area contributed by atoms with E-state index in [0.29, 0.717) is 19.3 Å². The summed E-state index contributed by atoms with van der Waals surface area (Å²) in [6.07, 6.45) is -1.97. The molecule has 7 heteroatoms. The van der Waals surface area contributed by atoms with Crippen molar-refractivity contribution in [2.45, 2.75) is 58.9 Å².